The molecule has 1 aromatic carbocycles. The van der Waals surface area contributed by atoms with Gasteiger partial charge in [-0.3, -0.25) is 9.59 Å². The lowest BCUT2D eigenvalue weighted by Gasteiger charge is -2.08. The Morgan fingerprint density at radius 3 is 2.55 bits per heavy atom. The summed E-state index contributed by atoms with van der Waals surface area (Å²) in [5.41, 5.74) is 1.28. The molecule has 2 N–H and O–H groups in total. The van der Waals surface area contributed by atoms with E-state index in [2.05, 4.69) is 15.6 Å². The zero-order valence-corrected chi connectivity index (χ0v) is 11.4. The number of imidazole rings is 1. The minimum atomic E-state index is -0.153. The topological polar surface area (TPSA) is 76.0 Å². The summed E-state index contributed by atoms with van der Waals surface area (Å²) in [6, 6.07) is 7.00. The van der Waals surface area contributed by atoms with Crippen molar-refractivity contribution in [2.24, 2.45) is 7.05 Å². The van der Waals surface area contributed by atoms with Gasteiger partial charge in [-0.05, 0) is 18.2 Å². The first kappa shape index (κ1) is 13.8. The second kappa shape index (κ2) is 6.01. The van der Waals surface area contributed by atoms with Gasteiger partial charge >= 0.3 is 0 Å². The zero-order chi connectivity index (χ0) is 14.5. The monoisotopic (exact) mass is 272 g/mol. The average Bonchev–Trinajstić information content (AvgIpc) is 2.74. The minimum absolute atomic E-state index is 0.151. The van der Waals surface area contributed by atoms with E-state index in [1.54, 1.807) is 41.2 Å². The Bertz CT molecular complexity index is 634. The summed E-state index contributed by atoms with van der Waals surface area (Å²) in [6.45, 7) is 1.44. The van der Waals surface area contributed by atoms with Crippen LogP contribution >= 0.6 is 0 Å². The Morgan fingerprint density at radius 2 is 1.95 bits per heavy atom. The van der Waals surface area contributed by atoms with Gasteiger partial charge in [-0.15, -0.1) is 0 Å². The highest BCUT2D eigenvalue weighted by Gasteiger charge is 2.08. The molecule has 0 aliphatic heterocycles. The van der Waals surface area contributed by atoms with Crippen LogP contribution in [0.15, 0.2) is 36.7 Å². The third-order valence-electron chi connectivity index (χ3n) is 2.71. The average molecular weight is 272 g/mol. The van der Waals surface area contributed by atoms with Crippen molar-refractivity contribution in [2.45, 2.75) is 13.3 Å². The molecule has 0 aliphatic carbocycles. The second-order valence-electron chi connectivity index (χ2n) is 4.44. The summed E-state index contributed by atoms with van der Waals surface area (Å²) in [4.78, 5) is 27.0. The van der Waals surface area contributed by atoms with Gasteiger partial charge in [0.1, 0.15) is 5.82 Å². The highest BCUT2D eigenvalue weighted by molar-refractivity contribution is 5.94. The van der Waals surface area contributed by atoms with Gasteiger partial charge in [0.2, 0.25) is 11.8 Å². The lowest BCUT2D eigenvalue weighted by Crippen LogP contribution is -2.17. The second-order valence-corrected chi connectivity index (χ2v) is 4.44. The minimum Gasteiger partial charge on any atom is -0.338 e. The van der Waals surface area contributed by atoms with E-state index in [0.717, 1.165) is 0 Å². The molecule has 0 aliphatic rings. The molecular weight excluding hydrogens is 256 g/mol. The summed E-state index contributed by atoms with van der Waals surface area (Å²) in [5.74, 6) is 0.390. The maximum atomic E-state index is 11.9. The lowest BCUT2D eigenvalue weighted by atomic mass is 10.2. The molecule has 2 aromatic rings. The first-order chi connectivity index (χ1) is 9.54. The van der Waals surface area contributed by atoms with E-state index in [-0.39, 0.29) is 18.2 Å². The van der Waals surface area contributed by atoms with E-state index in [1.807, 2.05) is 7.05 Å². The highest BCUT2D eigenvalue weighted by Crippen LogP contribution is 2.15. The van der Waals surface area contributed by atoms with Gasteiger partial charge in [-0.25, -0.2) is 4.98 Å². The fourth-order valence-corrected chi connectivity index (χ4v) is 1.79. The summed E-state index contributed by atoms with van der Waals surface area (Å²) < 4.78 is 1.80. The molecule has 0 fully saturated rings. The van der Waals surface area contributed by atoms with Crippen LogP contribution in [0.25, 0.3) is 0 Å². The smallest absolute Gasteiger partial charge is 0.231 e. The molecule has 6 nitrogen and oxygen atoms in total. The van der Waals surface area contributed by atoms with E-state index in [0.29, 0.717) is 17.2 Å². The van der Waals surface area contributed by atoms with E-state index < -0.39 is 0 Å². The molecule has 1 aromatic heterocycles. The molecule has 20 heavy (non-hydrogen) atoms. The van der Waals surface area contributed by atoms with Crippen molar-refractivity contribution in [2.75, 3.05) is 10.6 Å². The van der Waals surface area contributed by atoms with Crippen LogP contribution in [0.3, 0.4) is 0 Å². The summed E-state index contributed by atoms with van der Waals surface area (Å²) in [6.07, 6.45) is 3.65. The quantitative estimate of drug-likeness (QED) is 0.886. The third-order valence-corrected chi connectivity index (χ3v) is 2.71. The molecule has 0 bridgehead atoms. The molecule has 2 rings (SSSR count). The Labute approximate surface area is 116 Å². The summed E-state index contributed by atoms with van der Waals surface area (Å²) >= 11 is 0. The van der Waals surface area contributed by atoms with Crippen molar-refractivity contribution in [3.8, 4) is 0 Å². The highest BCUT2D eigenvalue weighted by atomic mass is 16.2. The van der Waals surface area contributed by atoms with Crippen LogP contribution < -0.4 is 10.6 Å². The van der Waals surface area contributed by atoms with E-state index in [4.69, 9.17) is 0 Å². The molecule has 104 valence electrons. The number of aryl methyl sites for hydroxylation is 1. The van der Waals surface area contributed by atoms with Gasteiger partial charge in [0.05, 0.1) is 6.42 Å². The van der Waals surface area contributed by atoms with Crippen LogP contribution in [0.1, 0.15) is 12.7 Å². The predicted octanol–water partition coefficient (Wildman–Crippen LogP) is 1.56. The van der Waals surface area contributed by atoms with E-state index >= 15 is 0 Å². The number of nitrogens with one attached hydrogen (secondary N) is 2. The number of aromatic nitrogens is 2. The van der Waals surface area contributed by atoms with Crippen molar-refractivity contribution in [3.63, 3.8) is 0 Å². The standard InChI is InChI=1S/C14H16N4O2/c1-10(19)16-11-4-3-5-12(8-11)17-14(20)9-13-15-6-7-18(13)2/h3-8H,9H2,1-2H3,(H,16,19)(H,17,20). The molecule has 0 saturated heterocycles. The summed E-state index contributed by atoms with van der Waals surface area (Å²) in [7, 11) is 1.84. The van der Waals surface area contributed by atoms with Gasteiger partial charge < -0.3 is 15.2 Å². The number of rotatable bonds is 4. The van der Waals surface area contributed by atoms with Gasteiger partial charge in [0.15, 0.2) is 0 Å². The number of hydrogen-bond acceptors (Lipinski definition) is 3. The third kappa shape index (κ3) is 3.68. The van der Waals surface area contributed by atoms with Crippen LogP contribution in [0.4, 0.5) is 11.4 Å². The fourth-order valence-electron chi connectivity index (χ4n) is 1.79. The van der Waals surface area contributed by atoms with Crippen LogP contribution in [0.5, 0.6) is 0 Å². The van der Waals surface area contributed by atoms with Crippen molar-refractivity contribution in [1.82, 2.24) is 9.55 Å². The molecule has 1 heterocycles. The SMILES string of the molecule is CC(=O)Nc1cccc(NC(=O)Cc2nccn2C)c1. The summed E-state index contributed by atoms with van der Waals surface area (Å²) in [5, 5.41) is 5.44. The largest absolute Gasteiger partial charge is 0.338 e. The van der Waals surface area contributed by atoms with Crippen molar-refractivity contribution >= 4 is 23.2 Å². The fraction of sp³-hybridized carbons (Fsp3) is 0.214. The normalized spacial score (nSPS) is 10.1. The Morgan fingerprint density at radius 1 is 1.25 bits per heavy atom. The molecule has 0 unspecified atom stereocenters. The number of carbonyl (C=O) groups is 2. The van der Waals surface area contributed by atoms with Gasteiger partial charge in [-0.2, -0.15) is 0 Å². The number of carbonyl (C=O) groups excluding carboxylic acids is 2. The van der Waals surface area contributed by atoms with E-state index in [1.165, 1.54) is 6.92 Å². The van der Waals surface area contributed by atoms with Gasteiger partial charge in [-0.1, -0.05) is 6.07 Å². The molecule has 6 heteroatoms. The Balaban J connectivity index is 2.01. The predicted molar refractivity (Wildman–Crippen MR) is 76.3 cm³/mol. The van der Waals surface area contributed by atoms with Crippen molar-refractivity contribution in [3.05, 3.63) is 42.5 Å². The van der Waals surface area contributed by atoms with Crippen LogP contribution in [0.2, 0.25) is 0 Å². The van der Waals surface area contributed by atoms with Crippen molar-refractivity contribution < 1.29 is 9.59 Å². The number of amides is 2. The maximum Gasteiger partial charge on any atom is 0.231 e. The van der Waals surface area contributed by atoms with Gasteiger partial charge in [0, 0.05) is 37.7 Å². The molecule has 0 saturated carbocycles. The Hall–Kier alpha value is -2.63. The molecule has 0 spiro atoms. The molecular formula is C14H16N4O2. The van der Waals surface area contributed by atoms with E-state index in [9.17, 15) is 9.59 Å². The molecule has 2 amide bonds. The first-order valence-electron chi connectivity index (χ1n) is 6.18. The number of hydrogen-bond donors (Lipinski definition) is 2. The zero-order valence-electron chi connectivity index (χ0n) is 11.4. The first-order valence-corrected chi connectivity index (χ1v) is 6.18. The molecule has 0 atom stereocenters. The maximum absolute atomic E-state index is 11.9. The van der Waals surface area contributed by atoms with Crippen LogP contribution in [0, 0.1) is 0 Å². The lowest BCUT2D eigenvalue weighted by molar-refractivity contribution is -0.116. The van der Waals surface area contributed by atoms with Crippen LogP contribution in [-0.4, -0.2) is 21.4 Å². The number of nitrogens with zero attached hydrogens (tertiary/aromatic N) is 2. The number of anilines is 2. The van der Waals surface area contributed by atoms with Gasteiger partial charge in [0.25, 0.3) is 0 Å². The number of benzene rings is 1. The molecule has 0 radical (unpaired) electrons. The van der Waals surface area contributed by atoms with Crippen LogP contribution in [-0.2, 0) is 23.1 Å². The Kier molecular flexibility index (Phi) is 4.14. The van der Waals surface area contributed by atoms with Crippen molar-refractivity contribution in [1.29, 1.82) is 0 Å².